The minimum absolute atomic E-state index is 0.206. The Labute approximate surface area is 142 Å². The molecule has 0 aliphatic heterocycles. The first-order valence-electron chi connectivity index (χ1n) is 6.97. The van der Waals surface area contributed by atoms with Gasteiger partial charge in [0.05, 0.1) is 10.3 Å². The number of nitrogens with one attached hydrogen (secondary N) is 2. The van der Waals surface area contributed by atoms with Crippen LogP contribution in [-0.4, -0.2) is 19.9 Å². The highest BCUT2D eigenvalue weighted by molar-refractivity contribution is 9.11. The molecule has 1 aliphatic carbocycles. The largest absolute Gasteiger partial charge is 0.365 e. The highest BCUT2D eigenvalue weighted by Gasteiger charge is 2.24. The van der Waals surface area contributed by atoms with Gasteiger partial charge in [0.25, 0.3) is 0 Å². The van der Waals surface area contributed by atoms with Crippen molar-refractivity contribution in [2.24, 2.45) is 5.92 Å². The molecule has 0 bridgehead atoms. The van der Waals surface area contributed by atoms with E-state index < -0.39 is 10.0 Å². The molecule has 118 valence electrons. The Morgan fingerprint density at radius 3 is 2.68 bits per heavy atom. The fourth-order valence-corrected chi connectivity index (χ4v) is 4.38. The normalized spacial score (nSPS) is 15.0. The molecule has 0 radical (unpaired) electrons. The van der Waals surface area contributed by atoms with Crippen molar-refractivity contribution in [3.05, 3.63) is 39.1 Å². The Balaban J connectivity index is 1.59. The summed E-state index contributed by atoms with van der Waals surface area (Å²) in [4.78, 5) is 5.56. The van der Waals surface area contributed by atoms with Crippen molar-refractivity contribution in [3.8, 4) is 0 Å². The summed E-state index contributed by atoms with van der Waals surface area (Å²) in [5, 5.41) is 3.18. The molecule has 1 aliphatic rings. The summed E-state index contributed by atoms with van der Waals surface area (Å²) in [6, 6.07) is 7.29. The van der Waals surface area contributed by atoms with E-state index in [0.717, 1.165) is 16.6 Å². The number of nitrogens with zero attached hydrogens (tertiary/aromatic N) is 1. The van der Waals surface area contributed by atoms with Crippen molar-refractivity contribution in [2.45, 2.75) is 24.3 Å². The van der Waals surface area contributed by atoms with Crippen LogP contribution in [0.3, 0.4) is 0 Å². The lowest BCUT2D eigenvalue weighted by Gasteiger charge is -2.07. The number of pyridine rings is 1. The molecule has 0 unspecified atom stereocenters. The summed E-state index contributed by atoms with van der Waals surface area (Å²) in [5.41, 5.74) is 0. The molecule has 0 saturated heterocycles. The Morgan fingerprint density at radius 1 is 1.27 bits per heavy atom. The predicted octanol–water partition coefficient (Wildman–Crippen LogP) is 3.21. The van der Waals surface area contributed by atoms with E-state index in [4.69, 9.17) is 0 Å². The van der Waals surface area contributed by atoms with Gasteiger partial charge in [-0.3, -0.25) is 0 Å². The summed E-state index contributed by atoms with van der Waals surface area (Å²) in [7, 11) is -3.44. The van der Waals surface area contributed by atoms with Gasteiger partial charge in [-0.05, 0) is 59.0 Å². The quantitative estimate of drug-likeness (QED) is 0.746. The van der Waals surface area contributed by atoms with Crippen molar-refractivity contribution in [1.29, 1.82) is 0 Å². The van der Waals surface area contributed by atoms with E-state index in [2.05, 4.69) is 31.0 Å². The van der Waals surface area contributed by atoms with E-state index in [1.807, 2.05) is 12.1 Å². The number of rotatable bonds is 7. The van der Waals surface area contributed by atoms with E-state index in [1.54, 1.807) is 23.5 Å². The van der Waals surface area contributed by atoms with Crippen molar-refractivity contribution in [1.82, 2.24) is 9.71 Å². The van der Waals surface area contributed by atoms with Crippen LogP contribution < -0.4 is 10.0 Å². The second-order valence-electron chi connectivity index (χ2n) is 5.23. The minimum Gasteiger partial charge on any atom is -0.365 e. The highest BCUT2D eigenvalue weighted by atomic mass is 79.9. The molecule has 0 atom stereocenters. The molecule has 3 rings (SSSR count). The zero-order valence-electron chi connectivity index (χ0n) is 11.8. The Morgan fingerprint density at radius 2 is 2.09 bits per heavy atom. The van der Waals surface area contributed by atoms with Crippen LogP contribution in [0.2, 0.25) is 0 Å². The highest BCUT2D eigenvalue weighted by Crippen LogP contribution is 2.28. The first kappa shape index (κ1) is 15.9. The van der Waals surface area contributed by atoms with Gasteiger partial charge in [-0.1, -0.05) is 0 Å². The van der Waals surface area contributed by atoms with Crippen LogP contribution in [0.15, 0.2) is 39.1 Å². The Kier molecular flexibility index (Phi) is 4.82. The summed E-state index contributed by atoms with van der Waals surface area (Å²) in [6.07, 6.45) is 3.62. The standard InChI is InChI=1S/C14H16BrN3O2S2/c15-13-5-3-11(21-13)8-16-14-6-4-12(9-17-14)22(19,20)18-7-10-1-2-10/h3-6,9-10,18H,1-2,7-8H2,(H,16,17). The fraction of sp³-hybridized carbons (Fsp3) is 0.357. The van der Waals surface area contributed by atoms with Gasteiger partial charge in [-0.25, -0.2) is 18.1 Å². The SMILES string of the molecule is O=S(=O)(NCC1CC1)c1ccc(NCc2ccc(Br)s2)nc1. The summed E-state index contributed by atoms with van der Waals surface area (Å²) in [6.45, 7) is 1.19. The predicted molar refractivity (Wildman–Crippen MR) is 91.5 cm³/mol. The summed E-state index contributed by atoms with van der Waals surface area (Å²) in [5.74, 6) is 1.17. The topological polar surface area (TPSA) is 71.1 Å². The fourth-order valence-electron chi connectivity index (χ4n) is 1.90. The average Bonchev–Trinajstić information content (AvgIpc) is 3.25. The lowest BCUT2D eigenvalue weighted by molar-refractivity contribution is 0.577. The van der Waals surface area contributed by atoms with E-state index in [0.29, 0.717) is 24.8 Å². The number of hydrogen-bond donors (Lipinski definition) is 2. The zero-order valence-corrected chi connectivity index (χ0v) is 15.0. The lowest BCUT2D eigenvalue weighted by atomic mass is 10.4. The first-order valence-corrected chi connectivity index (χ1v) is 10.1. The molecule has 2 N–H and O–H groups in total. The van der Waals surface area contributed by atoms with Crippen molar-refractivity contribution in [2.75, 3.05) is 11.9 Å². The average molecular weight is 402 g/mol. The van der Waals surface area contributed by atoms with Crippen molar-refractivity contribution in [3.63, 3.8) is 0 Å². The number of anilines is 1. The molecule has 1 fully saturated rings. The Hall–Kier alpha value is -0.960. The van der Waals surface area contributed by atoms with E-state index in [9.17, 15) is 8.42 Å². The second kappa shape index (κ2) is 6.66. The monoisotopic (exact) mass is 401 g/mol. The van der Waals surface area contributed by atoms with Crippen molar-refractivity contribution < 1.29 is 8.42 Å². The van der Waals surface area contributed by atoms with E-state index in [-0.39, 0.29) is 4.90 Å². The maximum Gasteiger partial charge on any atom is 0.242 e. The molecule has 22 heavy (non-hydrogen) atoms. The van der Waals surface area contributed by atoms with Crippen molar-refractivity contribution >= 4 is 43.1 Å². The molecule has 2 aromatic rings. The minimum atomic E-state index is -3.44. The molecular formula is C14H16BrN3O2S2. The maximum absolute atomic E-state index is 12.1. The number of aromatic nitrogens is 1. The number of sulfonamides is 1. The van der Waals surface area contributed by atoms with Crippen LogP contribution in [0.25, 0.3) is 0 Å². The number of thiophene rings is 1. The van der Waals surface area contributed by atoms with Gasteiger partial charge in [0, 0.05) is 17.6 Å². The smallest absolute Gasteiger partial charge is 0.242 e. The van der Waals surface area contributed by atoms with Gasteiger partial charge in [-0.15, -0.1) is 11.3 Å². The molecule has 0 amide bonds. The molecule has 0 aromatic carbocycles. The van der Waals surface area contributed by atoms with Crippen LogP contribution in [0.5, 0.6) is 0 Å². The van der Waals surface area contributed by atoms with Gasteiger partial charge in [0.1, 0.15) is 10.7 Å². The molecule has 5 nitrogen and oxygen atoms in total. The molecule has 2 heterocycles. The van der Waals surface area contributed by atoms with Crippen LogP contribution in [0.1, 0.15) is 17.7 Å². The summed E-state index contributed by atoms with van der Waals surface area (Å²) < 4.78 is 27.9. The van der Waals surface area contributed by atoms with Gasteiger partial charge in [0.15, 0.2) is 0 Å². The number of halogens is 1. The van der Waals surface area contributed by atoms with Crippen LogP contribution in [0.4, 0.5) is 5.82 Å². The molecule has 8 heteroatoms. The van der Waals surface area contributed by atoms with Gasteiger partial charge in [0.2, 0.25) is 10.0 Å². The van der Waals surface area contributed by atoms with Gasteiger partial charge >= 0.3 is 0 Å². The first-order chi connectivity index (χ1) is 10.5. The third-order valence-electron chi connectivity index (χ3n) is 3.38. The van der Waals surface area contributed by atoms with Crippen LogP contribution in [-0.2, 0) is 16.6 Å². The third kappa shape index (κ3) is 4.28. The lowest BCUT2D eigenvalue weighted by Crippen LogP contribution is -2.25. The molecule has 1 saturated carbocycles. The van der Waals surface area contributed by atoms with Crippen LogP contribution >= 0.6 is 27.3 Å². The van der Waals surface area contributed by atoms with Gasteiger partial charge in [-0.2, -0.15) is 0 Å². The zero-order chi connectivity index (χ0) is 15.6. The molecule has 0 spiro atoms. The van der Waals surface area contributed by atoms with Crippen LogP contribution in [0, 0.1) is 5.92 Å². The van der Waals surface area contributed by atoms with E-state index >= 15 is 0 Å². The van der Waals surface area contributed by atoms with E-state index in [1.165, 1.54) is 11.1 Å². The second-order valence-corrected chi connectivity index (χ2v) is 9.55. The number of hydrogen-bond acceptors (Lipinski definition) is 5. The van der Waals surface area contributed by atoms with Gasteiger partial charge < -0.3 is 5.32 Å². The Bertz CT molecular complexity index is 740. The maximum atomic E-state index is 12.1. The molecular weight excluding hydrogens is 386 g/mol. The summed E-state index contributed by atoms with van der Waals surface area (Å²) >= 11 is 5.07. The third-order valence-corrected chi connectivity index (χ3v) is 6.41. The molecule has 2 aromatic heterocycles.